The average molecular weight is 490 g/mol. The number of hydrogen-bond acceptors (Lipinski definition) is 2. The molecule has 0 amide bonds. The lowest BCUT2D eigenvalue weighted by Crippen LogP contribution is -1.88. The predicted molar refractivity (Wildman–Crippen MR) is 140 cm³/mol. The van der Waals surface area contributed by atoms with E-state index in [1.54, 1.807) is 18.2 Å². The van der Waals surface area contributed by atoms with E-state index in [2.05, 4.69) is 47.8 Å². The lowest BCUT2D eigenvalue weighted by Gasteiger charge is -2.06. The zero-order valence-electron chi connectivity index (χ0n) is 18.7. The number of rotatable bonds is 6. The molecule has 0 aliphatic heterocycles. The van der Waals surface area contributed by atoms with E-state index >= 15 is 0 Å². The molecule has 0 bridgehead atoms. The molecule has 1 nitrogen and oxygen atoms in total. The van der Waals surface area contributed by atoms with E-state index in [9.17, 15) is 8.78 Å². The molecule has 0 atom stereocenters. The van der Waals surface area contributed by atoms with Gasteiger partial charge in [-0.1, -0.05) is 67.5 Å². The van der Waals surface area contributed by atoms with Crippen molar-refractivity contribution in [2.24, 2.45) is 4.99 Å². The van der Waals surface area contributed by atoms with Crippen molar-refractivity contribution < 1.29 is 8.78 Å². The van der Waals surface area contributed by atoms with Crippen LogP contribution in [0.5, 0.6) is 0 Å². The van der Waals surface area contributed by atoms with Crippen molar-refractivity contribution in [2.45, 2.75) is 39.0 Å². The highest BCUT2D eigenvalue weighted by Crippen LogP contribution is 2.31. The van der Waals surface area contributed by atoms with E-state index in [0.717, 1.165) is 24.0 Å². The van der Waals surface area contributed by atoms with Crippen molar-refractivity contribution in [3.63, 3.8) is 0 Å². The second-order valence-corrected chi connectivity index (χ2v) is 8.22. The number of unbranched alkanes of at least 4 members (excludes halogenated alkanes) is 4. The molecular formula is C29H22ClF2NS. The average Bonchev–Trinajstić information content (AvgIpc) is 2.83. The molecule has 0 N–H and O–H groups in total. The highest BCUT2D eigenvalue weighted by molar-refractivity contribution is 7.78. The van der Waals surface area contributed by atoms with E-state index in [1.165, 1.54) is 31.4 Å². The third-order valence-electron chi connectivity index (χ3n) is 5.09. The van der Waals surface area contributed by atoms with Gasteiger partial charge in [-0.05, 0) is 78.3 Å². The minimum atomic E-state index is -0.822. The largest absolute Gasteiger partial charge is 0.204 e. The fraction of sp³-hybridized carbons (Fsp3) is 0.207. The Labute approximate surface area is 209 Å². The van der Waals surface area contributed by atoms with Crippen molar-refractivity contribution in [3.8, 4) is 34.8 Å². The molecule has 0 aromatic heterocycles. The van der Waals surface area contributed by atoms with Gasteiger partial charge in [0, 0.05) is 23.1 Å². The van der Waals surface area contributed by atoms with Gasteiger partial charge in [0.25, 0.3) is 0 Å². The maximum absolute atomic E-state index is 14.1. The first-order valence-corrected chi connectivity index (χ1v) is 11.8. The van der Waals surface area contributed by atoms with E-state index in [4.69, 9.17) is 11.6 Å². The maximum Gasteiger partial charge on any atom is 0.153 e. The lowest BCUT2D eigenvalue weighted by atomic mass is 10.0. The minimum absolute atomic E-state index is 0.335. The highest BCUT2D eigenvalue weighted by atomic mass is 35.5. The lowest BCUT2D eigenvalue weighted by molar-refractivity contribution is 0.588. The van der Waals surface area contributed by atoms with Crippen LogP contribution in [-0.4, -0.2) is 5.16 Å². The Morgan fingerprint density at radius 1 is 0.824 bits per heavy atom. The monoisotopic (exact) mass is 489 g/mol. The number of aliphatic imine (C=N–C) groups is 1. The number of benzene rings is 3. The molecule has 5 heteroatoms. The third-order valence-corrected chi connectivity index (χ3v) is 5.50. The fourth-order valence-corrected chi connectivity index (χ4v) is 3.58. The molecule has 0 unspecified atom stereocenters. The number of isothiocyanates is 1. The Balaban J connectivity index is 1.71. The smallest absolute Gasteiger partial charge is 0.153 e. The Morgan fingerprint density at radius 3 is 2.12 bits per heavy atom. The van der Waals surface area contributed by atoms with Crippen molar-refractivity contribution in [1.82, 2.24) is 0 Å². The molecule has 0 heterocycles. The summed E-state index contributed by atoms with van der Waals surface area (Å²) in [5, 5.41) is 2.36. The Hall–Kier alpha value is -3.27. The first-order valence-electron chi connectivity index (χ1n) is 11.0. The van der Waals surface area contributed by atoms with E-state index in [1.807, 2.05) is 29.4 Å². The van der Waals surface area contributed by atoms with Crippen LogP contribution in [0.3, 0.4) is 0 Å². The first-order chi connectivity index (χ1) is 16.5. The van der Waals surface area contributed by atoms with Crippen LogP contribution in [0.2, 0.25) is 5.02 Å². The van der Waals surface area contributed by atoms with Gasteiger partial charge in [0.05, 0.1) is 10.2 Å². The highest BCUT2D eigenvalue weighted by Gasteiger charge is 2.12. The molecule has 0 aliphatic carbocycles. The van der Waals surface area contributed by atoms with Gasteiger partial charge in [0.2, 0.25) is 0 Å². The van der Waals surface area contributed by atoms with Gasteiger partial charge in [-0.15, -0.1) is 0 Å². The summed E-state index contributed by atoms with van der Waals surface area (Å²) < 4.78 is 28.3. The summed E-state index contributed by atoms with van der Waals surface area (Å²) in [4.78, 5) is 3.42. The standard InChI is InChI=1S/C29H22ClF2NS/c1-2-3-4-5-6-7-8-21-9-11-22(12-10-21)13-14-23-15-16-24(17-26(23)30)25-18-27(31)29(33-20-34)28(32)19-25/h9-12,15-19H,2-6H2,1H3. The van der Waals surface area contributed by atoms with E-state index in [0.29, 0.717) is 21.7 Å². The summed E-state index contributed by atoms with van der Waals surface area (Å²) in [6, 6.07) is 15.2. The second-order valence-electron chi connectivity index (χ2n) is 7.63. The van der Waals surface area contributed by atoms with Crippen LogP contribution in [0.1, 0.15) is 55.7 Å². The molecule has 34 heavy (non-hydrogen) atoms. The summed E-state index contributed by atoms with van der Waals surface area (Å²) >= 11 is 10.8. The van der Waals surface area contributed by atoms with Gasteiger partial charge in [0.15, 0.2) is 11.6 Å². The summed E-state index contributed by atoms with van der Waals surface area (Å²) in [5.74, 6) is 10.9. The van der Waals surface area contributed by atoms with Gasteiger partial charge in [-0.2, -0.15) is 4.99 Å². The van der Waals surface area contributed by atoms with Crippen LogP contribution in [0.15, 0.2) is 59.6 Å². The predicted octanol–water partition coefficient (Wildman–Crippen LogP) is 8.74. The Kier molecular flexibility index (Phi) is 9.57. The molecule has 3 aromatic carbocycles. The quantitative estimate of drug-likeness (QED) is 0.146. The van der Waals surface area contributed by atoms with Crippen molar-refractivity contribution >= 4 is 34.7 Å². The number of halogens is 3. The number of nitrogens with zero attached hydrogens (tertiary/aromatic N) is 1. The first kappa shape index (κ1) is 25.4. The van der Waals surface area contributed by atoms with Gasteiger partial charge in [0.1, 0.15) is 5.69 Å². The molecule has 170 valence electrons. The molecule has 0 aliphatic rings. The summed E-state index contributed by atoms with van der Waals surface area (Å²) in [6.45, 7) is 2.20. The van der Waals surface area contributed by atoms with Gasteiger partial charge < -0.3 is 0 Å². The molecular weight excluding hydrogens is 468 g/mol. The normalized spacial score (nSPS) is 9.88. The fourth-order valence-electron chi connectivity index (χ4n) is 3.26. The molecule has 0 saturated heterocycles. The summed E-state index contributed by atoms with van der Waals surface area (Å²) in [7, 11) is 0. The Bertz CT molecular complexity index is 1310. The minimum Gasteiger partial charge on any atom is -0.204 e. The van der Waals surface area contributed by atoms with Crippen molar-refractivity contribution in [2.75, 3.05) is 0 Å². The maximum atomic E-state index is 14.1. The van der Waals surface area contributed by atoms with Crippen LogP contribution in [0.25, 0.3) is 11.1 Å². The Morgan fingerprint density at radius 2 is 1.50 bits per heavy atom. The van der Waals surface area contributed by atoms with Crippen LogP contribution in [0.4, 0.5) is 14.5 Å². The summed E-state index contributed by atoms with van der Waals surface area (Å²) in [5.41, 5.74) is 2.85. The van der Waals surface area contributed by atoms with Gasteiger partial charge in [-0.25, -0.2) is 8.78 Å². The van der Waals surface area contributed by atoms with E-state index in [-0.39, 0.29) is 0 Å². The zero-order valence-corrected chi connectivity index (χ0v) is 20.3. The van der Waals surface area contributed by atoms with Crippen LogP contribution >= 0.6 is 23.8 Å². The van der Waals surface area contributed by atoms with Gasteiger partial charge >= 0.3 is 0 Å². The molecule has 0 saturated carbocycles. The van der Waals surface area contributed by atoms with Crippen LogP contribution in [-0.2, 0) is 0 Å². The molecule has 0 fully saturated rings. The molecule has 3 rings (SSSR count). The van der Waals surface area contributed by atoms with Gasteiger partial charge in [-0.3, -0.25) is 0 Å². The topological polar surface area (TPSA) is 12.4 Å². The molecule has 0 radical (unpaired) electrons. The molecule has 0 spiro atoms. The number of thiocarbonyl (C=S) groups is 1. The number of hydrogen-bond donors (Lipinski definition) is 0. The van der Waals surface area contributed by atoms with Crippen molar-refractivity contribution in [1.29, 1.82) is 0 Å². The second kappa shape index (κ2) is 12.8. The van der Waals surface area contributed by atoms with Crippen molar-refractivity contribution in [3.05, 3.63) is 87.9 Å². The third kappa shape index (κ3) is 7.11. The van der Waals surface area contributed by atoms with Crippen LogP contribution < -0.4 is 0 Å². The van der Waals surface area contributed by atoms with E-state index < -0.39 is 17.3 Å². The molecule has 3 aromatic rings. The van der Waals surface area contributed by atoms with Crippen LogP contribution in [0, 0.1) is 35.3 Å². The SMILES string of the molecule is CCCCCCC#Cc1ccc(C#Cc2ccc(-c3cc(F)c(N=C=S)c(F)c3)cc2Cl)cc1. The zero-order chi connectivity index (χ0) is 24.3. The summed E-state index contributed by atoms with van der Waals surface area (Å²) in [6.07, 6.45) is 5.77.